The van der Waals surface area contributed by atoms with Gasteiger partial charge >= 0.3 is 0 Å². The van der Waals surface area contributed by atoms with E-state index in [0.717, 1.165) is 28.1 Å². The van der Waals surface area contributed by atoms with Crippen LogP contribution in [0.5, 0.6) is 5.75 Å². The highest BCUT2D eigenvalue weighted by Crippen LogP contribution is 2.28. The largest absolute Gasteiger partial charge is 0.492 e. The summed E-state index contributed by atoms with van der Waals surface area (Å²) < 4.78 is 7.30. The minimum atomic E-state index is -0.230. The Morgan fingerprint density at radius 3 is 2.62 bits per heavy atom. The molecule has 2 aromatic heterocycles. The fourth-order valence-electron chi connectivity index (χ4n) is 3.63. The number of benzene rings is 2. The Kier molecular flexibility index (Phi) is 6.10. The van der Waals surface area contributed by atoms with Gasteiger partial charge in [0.2, 0.25) is 0 Å². The quantitative estimate of drug-likeness (QED) is 0.450. The van der Waals surface area contributed by atoms with Crippen molar-refractivity contribution in [2.45, 2.75) is 34.2 Å². The van der Waals surface area contributed by atoms with Gasteiger partial charge in [-0.3, -0.25) is 14.2 Å². The third kappa shape index (κ3) is 4.43. The molecular weight excluding hydrogens is 422 g/mol. The maximum Gasteiger partial charge on any atom is 0.266 e. The van der Waals surface area contributed by atoms with Crippen molar-refractivity contribution >= 4 is 33.1 Å². The number of thiophene rings is 1. The lowest BCUT2D eigenvalue weighted by Crippen LogP contribution is -2.23. The molecule has 0 radical (unpaired) electrons. The number of rotatable bonds is 6. The highest BCUT2D eigenvalue weighted by Gasteiger charge is 2.20. The number of aryl methyl sites for hydroxylation is 4. The van der Waals surface area contributed by atoms with Crippen LogP contribution < -0.4 is 15.6 Å². The van der Waals surface area contributed by atoms with Crippen LogP contribution in [0, 0.1) is 27.7 Å². The molecule has 164 valence electrons. The monoisotopic (exact) mass is 447 g/mol. The zero-order valence-electron chi connectivity index (χ0n) is 18.6. The second-order valence-corrected chi connectivity index (χ2v) is 8.92. The number of aromatic nitrogens is 2. The van der Waals surface area contributed by atoms with Gasteiger partial charge in [0, 0.05) is 5.69 Å². The number of fused-ring (bicyclic) bond motifs is 1. The van der Waals surface area contributed by atoms with Crippen molar-refractivity contribution in [1.29, 1.82) is 0 Å². The number of hydrogen-bond acceptors (Lipinski definition) is 5. The predicted octanol–water partition coefficient (Wildman–Crippen LogP) is 5.02. The Labute approximate surface area is 190 Å². The second kappa shape index (κ2) is 8.96. The lowest BCUT2D eigenvalue weighted by Gasteiger charge is -2.09. The molecule has 4 aromatic rings. The van der Waals surface area contributed by atoms with Crippen molar-refractivity contribution in [1.82, 2.24) is 9.55 Å². The van der Waals surface area contributed by atoms with Crippen molar-refractivity contribution < 1.29 is 9.53 Å². The van der Waals surface area contributed by atoms with Crippen LogP contribution in [0.1, 0.15) is 31.9 Å². The molecule has 2 aromatic carbocycles. The van der Waals surface area contributed by atoms with E-state index in [9.17, 15) is 9.59 Å². The molecule has 0 aliphatic rings. The van der Waals surface area contributed by atoms with E-state index >= 15 is 0 Å². The van der Waals surface area contributed by atoms with E-state index < -0.39 is 0 Å². The first-order valence-electron chi connectivity index (χ1n) is 10.4. The lowest BCUT2D eigenvalue weighted by atomic mass is 10.1. The van der Waals surface area contributed by atoms with Crippen LogP contribution in [-0.2, 0) is 6.54 Å². The summed E-state index contributed by atoms with van der Waals surface area (Å²) in [5.74, 6) is 0.537. The van der Waals surface area contributed by atoms with Crippen LogP contribution >= 0.6 is 11.3 Å². The summed E-state index contributed by atoms with van der Waals surface area (Å²) in [5, 5.41) is 3.45. The Balaban J connectivity index is 1.55. The normalized spacial score (nSPS) is 11.0. The minimum Gasteiger partial charge on any atom is -0.492 e. The van der Waals surface area contributed by atoms with Gasteiger partial charge in [0.15, 0.2) is 0 Å². The van der Waals surface area contributed by atoms with E-state index in [-0.39, 0.29) is 11.5 Å². The van der Waals surface area contributed by atoms with Crippen LogP contribution in [0.15, 0.2) is 53.6 Å². The van der Waals surface area contributed by atoms with Gasteiger partial charge in [0.25, 0.3) is 11.5 Å². The summed E-state index contributed by atoms with van der Waals surface area (Å²) in [6.07, 6.45) is 1.52. The average Bonchev–Trinajstić information content (AvgIpc) is 3.09. The van der Waals surface area contributed by atoms with Gasteiger partial charge in [0.05, 0.1) is 23.1 Å². The molecule has 7 heteroatoms. The highest BCUT2D eigenvalue weighted by molar-refractivity contribution is 7.20. The van der Waals surface area contributed by atoms with Crippen LogP contribution in [0.25, 0.3) is 10.2 Å². The molecule has 0 aliphatic carbocycles. The Morgan fingerprint density at radius 1 is 1.09 bits per heavy atom. The number of nitrogens with one attached hydrogen (secondary N) is 1. The van der Waals surface area contributed by atoms with Crippen LogP contribution in [0.4, 0.5) is 5.69 Å². The fourth-order valence-corrected chi connectivity index (χ4v) is 4.67. The van der Waals surface area contributed by atoms with Crippen molar-refractivity contribution in [2.75, 3.05) is 11.9 Å². The van der Waals surface area contributed by atoms with Crippen LogP contribution in [0.2, 0.25) is 0 Å². The van der Waals surface area contributed by atoms with E-state index in [1.54, 1.807) is 6.92 Å². The SMILES string of the molecule is Cc1cccc(OCCn2cnc3sc(C(=O)Nc4ccc(C)cc4C)c(C)c3c2=O)c1. The van der Waals surface area contributed by atoms with E-state index in [1.807, 2.05) is 63.2 Å². The molecular formula is C25H25N3O3S. The molecule has 2 heterocycles. The highest BCUT2D eigenvalue weighted by atomic mass is 32.1. The zero-order chi connectivity index (χ0) is 22.8. The molecule has 32 heavy (non-hydrogen) atoms. The van der Waals surface area contributed by atoms with E-state index in [0.29, 0.717) is 33.8 Å². The van der Waals surface area contributed by atoms with E-state index in [4.69, 9.17) is 4.74 Å². The van der Waals surface area contributed by atoms with Gasteiger partial charge in [0.1, 0.15) is 17.2 Å². The molecule has 0 fully saturated rings. The smallest absolute Gasteiger partial charge is 0.266 e. The van der Waals surface area contributed by atoms with Gasteiger partial charge in [-0.15, -0.1) is 11.3 Å². The maximum atomic E-state index is 13.1. The zero-order valence-corrected chi connectivity index (χ0v) is 19.4. The molecule has 6 nitrogen and oxygen atoms in total. The number of anilines is 1. The third-order valence-electron chi connectivity index (χ3n) is 5.34. The molecule has 0 aliphatic heterocycles. The summed E-state index contributed by atoms with van der Waals surface area (Å²) in [6.45, 7) is 8.49. The van der Waals surface area contributed by atoms with Gasteiger partial charge < -0.3 is 10.1 Å². The molecule has 1 amide bonds. The number of carbonyl (C=O) groups is 1. The molecule has 4 rings (SSSR count). The van der Waals surface area contributed by atoms with Gasteiger partial charge in [-0.05, 0) is 62.6 Å². The number of nitrogens with zero attached hydrogens (tertiary/aromatic N) is 2. The fraction of sp³-hybridized carbons (Fsp3) is 0.240. The molecule has 0 atom stereocenters. The Hall–Kier alpha value is -3.45. The summed E-state index contributed by atoms with van der Waals surface area (Å²) in [6, 6.07) is 13.7. The number of carbonyl (C=O) groups excluding carboxylic acids is 1. The summed E-state index contributed by atoms with van der Waals surface area (Å²) >= 11 is 1.24. The van der Waals surface area contributed by atoms with Crippen LogP contribution in [0.3, 0.4) is 0 Å². The van der Waals surface area contributed by atoms with Gasteiger partial charge in [-0.1, -0.05) is 29.8 Å². The lowest BCUT2D eigenvalue weighted by molar-refractivity contribution is 0.103. The standard InChI is InChI=1S/C25H25N3O3S/c1-15-6-5-7-19(13-15)31-11-10-28-14-26-24-21(25(28)30)18(4)22(32-24)23(29)27-20-9-8-16(2)12-17(20)3/h5-9,12-14H,10-11H2,1-4H3,(H,27,29). The van der Waals surface area contributed by atoms with Gasteiger partial charge in [-0.2, -0.15) is 0 Å². The number of ether oxygens (including phenoxy) is 1. The van der Waals surface area contributed by atoms with Crippen molar-refractivity contribution in [3.63, 3.8) is 0 Å². The van der Waals surface area contributed by atoms with E-state index in [1.165, 1.54) is 22.2 Å². The summed E-state index contributed by atoms with van der Waals surface area (Å²) in [4.78, 5) is 31.5. The maximum absolute atomic E-state index is 13.1. The van der Waals surface area contributed by atoms with Crippen molar-refractivity contribution in [3.8, 4) is 5.75 Å². The van der Waals surface area contributed by atoms with Crippen molar-refractivity contribution in [2.24, 2.45) is 0 Å². The molecule has 0 saturated heterocycles. The second-order valence-electron chi connectivity index (χ2n) is 7.92. The number of hydrogen-bond donors (Lipinski definition) is 1. The average molecular weight is 448 g/mol. The van der Waals surface area contributed by atoms with Gasteiger partial charge in [-0.25, -0.2) is 4.98 Å². The first-order valence-corrected chi connectivity index (χ1v) is 11.2. The molecule has 0 saturated carbocycles. The Bertz CT molecular complexity index is 1370. The number of amides is 1. The molecule has 0 bridgehead atoms. The molecule has 0 unspecified atom stereocenters. The first-order chi connectivity index (χ1) is 15.3. The third-order valence-corrected chi connectivity index (χ3v) is 6.54. The van der Waals surface area contributed by atoms with E-state index in [2.05, 4.69) is 10.3 Å². The molecule has 1 N–H and O–H groups in total. The molecule has 0 spiro atoms. The topological polar surface area (TPSA) is 73.2 Å². The van der Waals surface area contributed by atoms with Crippen molar-refractivity contribution in [3.05, 3.63) is 86.3 Å². The van der Waals surface area contributed by atoms with Crippen LogP contribution in [-0.4, -0.2) is 22.1 Å². The first kappa shape index (κ1) is 21.8. The Morgan fingerprint density at radius 2 is 1.88 bits per heavy atom. The predicted molar refractivity (Wildman–Crippen MR) is 129 cm³/mol. The minimum absolute atomic E-state index is 0.165. The summed E-state index contributed by atoms with van der Waals surface area (Å²) in [5.41, 5.74) is 4.49. The summed E-state index contributed by atoms with van der Waals surface area (Å²) in [7, 11) is 0.